The highest BCUT2D eigenvalue weighted by Gasteiger charge is 2.36. The molecule has 3 heterocycles. The molecule has 3 rings (SSSR count). The number of hydrogen-bond donors (Lipinski definition) is 0. The molecule has 0 unspecified atom stereocenters. The van der Waals surface area contributed by atoms with Crippen LogP contribution in [0.2, 0.25) is 0 Å². The van der Waals surface area contributed by atoms with E-state index < -0.39 is 12.7 Å². The Morgan fingerprint density at radius 3 is 2.54 bits per heavy atom. The molecule has 1 atom stereocenters. The molecule has 6 nitrogen and oxygen atoms in total. The van der Waals surface area contributed by atoms with Crippen LogP contribution >= 0.6 is 0 Å². The fourth-order valence-corrected chi connectivity index (χ4v) is 3.63. The van der Waals surface area contributed by atoms with Crippen molar-refractivity contribution in [3.63, 3.8) is 0 Å². The Hall–Kier alpha value is -1.64. The fourth-order valence-electron chi connectivity index (χ4n) is 3.63. The molecule has 0 radical (unpaired) electrons. The molecule has 0 bridgehead atoms. The zero-order valence-electron chi connectivity index (χ0n) is 13.5. The number of carbonyl (C=O) groups excluding carboxylic acids is 1. The van der Waals surface area contributed by atoms with Crippen molar-refractivity contribution in [1.29, 1.82) is 0 Å². The number of likely N-dealkylation sites (tertiary alicyclic amines) is 2. The molecule has 2 saturated heterocycles. The van der Waals surface area contributed by atoms with Crippen LogP contribution in [0.25, 0.3) is 0 Å². The molecule has 2 fully saturated rings. The van der Waals surface area contributed by atoms with E-state index >= 15 is 0 Å². The topological polar surface area (TPSA) is 54.3 Å². The number of aromatic nitrogens is 3. The number of rotatable bonds is 3. The Kier molecular flexibility index (Phi) is 5.07. The van der Waals surface area contributed by atoms with Crippen LogP contribution in [0, 0.1) is 5.92 Å². The third-order valence-corrected chi connectivity index (χ3v) is 4.86. The minimum absolute atomic E-state index is 0.0754. The molecule has 2 aliphatic rings. The van der Waals surface area contributed by atoms with Crippen molar-refractivity contribution in [3.05, 3.63) is 12.7 Å². The second-order valence-electron chi connectivity index (χ2n) is 6.62. The molecule has 0 spiro atoms. The molecule has 0 saturated carbocycles. The summed E-state index contributed by atoms with van der Waals surface area (Å²) in [6, 6.07) is 0.135. The largest absolute Gasteiger partial charge is 0.401 e. The summed E-state index contributed by atoms with van der Waals surface area (Å²) < 4.78 is 39.1. The van der Waals surface area contributed by atoms with E-state index in [4.69, 9.17) is 0 Å². The van der Waals surface area contributed by atoms with Crippen molar-refractivity contribution in [1.82, 2.24) is 24.6 Å². The van der Waals surface area contributed by atoms with Gasteiger partial charge in [0.25, 0.3) is 0 Å². The summed E-state index contributed by atoms with van der Waals surface area (Å²) in [5.41, 5.74) is 0. The zero-order valence-corrected chi connectivity index (χ0v) is 13.5. The third kappa shape index (κ3) is 4.25. The summed E-state index contributed by atoms with van der Waals surface area (Å²) in [5, 5.41) is 4.14. The van der Waals surface area contributed by atoms with Gasteiger partial charge in [-0.15, -0.1) is 0 Å². The normalized spacial score (nSPS) is 24.3. The van der Waals surface area contributed by atoms with Crippen LogP contribution in [0.1, 0.15) is 31.7 Å². The summed E-state index contributed by atoms with van der Waals surface area (Å²) >= 11 is 0. The van der Waals surface area contributed by atoms with E-state index in [2.05, 4.69) is 10.1 Å². The van der Waals surface area contributed by atoms with Gasteiger partial charge in [0.2, 0.25) is 5.91 Å². The van der Waals surface area contributed by atoms with Gasteiger partial charge in [0.1, 0.15) is 12.7 Å². The lowest BCUT2D eigenvalue weighted by atomic mass is 9.94. The highest BCUT2D eigenvalue weighted by molar-refractivity contribution is 5.79. The first-order valence-electron chi connectivity index (χ1n) is 8.34. The Morgan fingerprint density at radius 1 is 1.17 bits per heavy atom. The van der Waals surface area contributed by atoms with E-state index in [0.717, 1.165) is 12.8 Å². The lowest BCUT2D eigenvalue weighted by molar-refractivity contribution is -0.151. The molecule has 24 heavy (non-hydrogen) atoms. The second-order valence-corrected chi connectivity index (χ2v) is 6.62. The van der Waals surface area contributed by atoms with Crippen LogP contribution in [0.15, 0.2) is 12.7 Å². The maximum Gasteiger partial charge on any atom is 0.401 e. The monoisotopic (exact) mass is 345 g/mol. The van der Waals surface area contributed by atoms with Gasteiger partial charge in [0, 0.05) is 19.0 Å². The first-order valence-corrected chi connectivity index (χ1v) is 8.34. The molecule has 0 aromatic carbocycles. The summed E-state index contributed by atoms with van der Waals surface area (Å²) in [5.74, 6) is -0.0875. The Labute approximate surface area is 138 Å². The average Bonchev–Trinajstić information content (AvgIpc) is 3.08. The zero-order chi connectivity index (χ0) is 17.2. The van der Waals surface area contributed by atoms with Crippen LogP contribution in [-0.4, -0.2) is 69.4 Å². The molecule has 0 N–H and O–H groups in total. The summed E-state index contributed by atoms with van der Waals surface area (Å²) in [4.78, 5) is 19.9. The highest BCUT2D eigenvalue weighted by atomic mass is 19.4. The molecule has 2 aliphatic heterocycles. The van der Waals surface area contributed by atoms with E-state index in [-0.39, 0.29) is 17.9 Å². The van der Waals surface area contributed by atoms with Gasteiger partial charge in [-0.3, -0.25) is 9.69 Å². The molecule has 1 aromatic heterocycles. The van der Waals surface area contributed by atoms with Crippen LogP contribution < -0.4 is 0 Å². The van der Waals surface area contributed by atoms with Crippen molar-refractivity contribution in [2.75, 3.05) is 32.7 Å². The van der Waals surface area contributed by atoms with Gasteiger partial charge in [-0.1, -0.05) is 0 Å². The summed E-state index contributed by atoms with van der Waals surface area (Å²) in [7, 11) is 0. The van der Waals surface area contributed by atoms with Gasteiger partial charge in [0.15, 0.2) is 0 Å². The van der Waals surface area contributed by atoms with Gasteiger partial charge >= 0.3 is 6.18 Å². The van der Waals surface area contributed by atoms with Crippen LogP contribution in [0.5, 0.6) is 0 Å². The minimum Gasteiger partial charge on any atom is -0.340 e. The predicted molar refractivity (Wildman–Crippen MR) is 80.1 cm³/mol. The van der Waals surface area contributed by atoms with Crippen molar-refractivity contribution in [2.45, 2.75) is 37.9 Å². The number of hydrogen-bond acceptors (Lipinski definition) is 4. The van der Waals surface area contributed by atoms with Crippen molar-refractivity contribution in [3.8, 4) is 0 Å². The lowest BCUT2D eigenvalue weighted by Gasteiger charge is -2.37. The summed E-state index contributed by atoms with van der Waals surface area (Å²) in [6.07, 6.45) is 1.83. The van der Waals surface area contributed by atoms with Crippen molar-refractivity contribution >= 4 is 5.91 Å². The Balaban J connectivity index is 1.52. The standard InChI is InChI=1S/C15H22F3N5O/c16-15(17,18)9-21-6-3-12(4-7-21)14(24)22-5-1-2-13(8-22)23-11-19-10-20-23/h10-13H,1-9H2/t13-/m1/s1. The SMILES string of the molecule is O=C(C1CCN(CC(F)(F)F)CC1)N1CCC[C@@H](n2cncn2)C1. The number of halogens is 3. The minimum atomic E-state index is -4.17. The molecule has 1 amide bonds. The van der Waals surface area contributed by atoms with Crippen molar-refractivity contribution < 1.29 is 18.0 Å². The number of carbonyl (C=O) groups is 1. The van der Waals surface area contributed by atoms with Gasteiger partial charge in [-0.05, 0) is 38.8 Å². The third-order valence-electron chi connectivity index (χ3n) is 4.86. The number of alkyl halides is 3. The molecule has 1 aromatic rings. The van der Waals surface area contributed by atoms with Gasteiger partial charge < -0.3 is 4.90 Å². The quantitative estimate of drug-likeness (QED) is 0.837. The molecular formula is C15H22F3N5O. The van der Waals surface area contributed by atoms with Gasteiger partial charge in [-0.25, -0.2) is 9.67 Å². The van der Waals surface area contributed by atoms with Crippen LogP contribution in [-0.2, 0) is 4.79 Å². The average molecular weight is 345 g/mol. The van der Waals surface area contributed by atoms with E-state index in [1.807, 2.05) is 4.90 Å². The number of amides is 1. The maximum atomic E-state index is 12.7. The molecule has 134 valence electrons. The summed E-state index contributed by atoms with van der Waals surface area (Å²) in [6.45, 7) is 1.09. The van der Waals surface area contributed by atoms with E-state index in [1.54, 1.807) is 11.0 Å². The van der Waals surface area contributed by atoms with Crippen molar-refractivity contribution in [2.24, 2.45) is 5.92 Å². The van der Waals surface area contributed by atoms with Gasteiger partial charge in [0.05, 0.1) is 12.6 Å². The Bertz CT molecular complexity index is 540. The van der Waals surface area contributed by atoms with E-state index in [9.17, 15) is 18.0 Å². The molecule has 9 heteroatoms. The van der Waals surface area contributed by atoms with E-state index in [1.165, 1.54) is 11.2 Å². The molecular weight excluding hydrogens is 323 g/mol. The first kappa shape index (κ1) is 17.2. The number of nitrogens with zero attached hydrogens (tertiary/aromatic N) is 5. The highest BCUT2D eigenvalue weighted by Crippen LogP contribution is 2.27. The first-order chi connectivity index (χ1) is 11.4. The smallest absolute Gasteiger partial charge is 0.340 e. The lowest BCUT2D eigenvalue weighted by Crippen LogP contribution is -2.47. The Morgan fingerprint density at radius 2 is 1.92 bits per heavy atom. The van der Waals surface area contributed by atoms with E-state index in [0.29, 0.717) is 39.0 Å². The maximum absolute atomic E-state index is 12.7. The molecule has 0 aliphatic carbocycles. The van der Waals surface area contributed by atoms with Gasteiger partial charge in [-0.2, -0.15) is 18.3 Å². The fraction of sp³-hybridized carbons (Fsp3) is 0.800. The van der Waals surface area contributed by atoms with Crippen LogP contribution in [0.4, 0.5) is 13.2 Å². The number of piperidine rings is 2. The predicted octanol–water partition coefficient (Wildman–Crippen LogP) is 1.72. The van der Waals surface area contributed by atoms with Crippen LogP contribution in [0.3, 0.4) is 0 Å². The second kappa shape index (κ2) is 7.08.